The van der Waals surface area contributed by atoms with E-state index in [1.165, 1.54) is 20.2 Å². The first-order valence-corrected chi connectivity index (χ1v) is 7.81. The van der Waals surface area contributed by atoms with Gasteiger partial charge in [0.25, 0.3) is 0 Å². The third-order valence-electron chi connectivity index (χ3n) is 2.45. The van der Waals surface area contributed by atoms with Crippen LogP contribution in [0.4, 0.5) is 0 Å². The van der Waals surface area contributed by atoms with Gasteiger partial charge in [0.1, 0.15) is 0 Å². The van der Waals surface area contributed by atoms with E-state index in [-0.39, 0.29) is 0 Å². The summed E-state index contributed by atoms with van der Waals surface area (Å²) >= 11 is 12.5. The molecule has 3 rings (SSSR count). The third-order valence-corrected chi connectivity index (χ3v) is 5.51. The van der Waals surface area contributed by atoms with E-state index in [1.54, 1.807) is 0 Å². The zero-order valence-electron chi connectivity index (χ0n) is 7.93. The second kappa shape index (κ2) is 4.09. The van der Waals surface area contributed by atoms with E-state index < -0.39 is 0 Å². The molecule has 0 spiro atoms. The van der Waals surface area contributed by atoms with Crippen molar-refractivity contribution in [3.63, 3.8) is 0 Å². The van der Waals surface area contributed by atoms with Crippen LogP contribution in [0.25, 0.3) is 20.2 Å². The van der Waals surface area contributed by atoms with Crippen LogP contribution < -0.4 is 0 Å². The summed E-state index contributed by atoms with van der Waals surface area (Å²) in [5.74, 6) is 0. The fraction of sp³-hybridized carbons (Fsp3) is 0. The Kier molecular flexibility index (Phi) is 2.86. The fourth-order valence-electron chi connectivity index (χ4n) is 1.78. The van der Waals surface area contributed by atoms with Crippen molar-refractivity contribution in [1.29, 1.82) is 0 Å². The molecule has 3 aromatic rings. The maximum Gasteiger partial charge on any atom is 0.0498 e. The lowest BCUT2D eigenvalue weighted by atomic mass is 10.2. The zero-order chi connectivity index (χ0) is 11.3. The van der Waals surface area contributed by atoms with Gasteiger partial charge < -0.3 is 0 Å². The molecular formula is C12H5Br3S. The number of hydrogen-bond acceptors (Lipinski definition) is 1. The van der Waals surface area contributed by atoms with Crippen LogP contribution in [0, 0.1) is 0 Å². The Balaban J connectivity index is 2.57. The number of halogens is 3. The highest BCUT2D eigenvalue weighted by atomic mass is 79.9. The van der Waals surface area contributed by atoms with E-state index in [2.05, 4.69) is 78.1 Å². The van der Waals surface area contributed by atoms with Gasteiger partial charge in [0, 0.05) is 33.6 Å². The Hall–Kier alpha value is 0.1000. The summed E-state index contributed by atoms with van der Waals surface area (Å²) in [6, 6.07) is 10.7. The highest BCUT2D eigenvalue weighted by Gasteiger charge is 2.09. The first-order valence-electron chi connectivity index (χ1n) is 4.62. The van der Waals surface area contributed by atoms with Gasteiger partial charge in [0.05, 0.1) is 0 Å². The Morgan fingerprint density at radius 1 is 0.812 bits per heavy atom. The third kappa shape index (κ3) is 1.76. The Morgan fingerprint density at radius 3 is 2.38 bits per heavy atom. The van der Waals surface area contributed by atoms with Gasteiger partial charge in [-0.1, -0.05) is 31.9 Å². The van der Waals surface area contributed by atoms with Gasteiger partial charge in [-0.25, -0.2) is 0 Å². The molecule has 0 N–H and O–H groups in total. The van der Waals surface area contributed by atoms with Gasteiger partial charge in [0.2, 0.25) is 0 Å². The molecule has 4 heteroatoms. The number of rotatable bonds is 0. The number of thiophene rings is 1. The van der Waals surface area contributed by atoms with Gasteiger partial charge in [-0.05, 0) is 46.3 Å². The Bertz CT molecular complexity index is 700. The molecule has 0 nitrogen and oxygen atoms in total. The zero-order valence-corrected chi connectivity index (χ0v) is 13.5. The average Bonchev–Trinajstić information content (AvgIpc) is 2.57. The SMILES string of the molecule is Brc1ccc2sc3c(Br)cc(Br)cc3c2c1. The van der Waals surface area contributed by atoms with Crippen molar-refractivity contribution in [2.75, 3.05) is 0 Å². The van der Waals surface area contributed by atoms with E-state index in [0.717, 1.165) is 13.4 Å². The highest BCUT2D eigenvalue weighted by molar-refractivity contribution is 9.11. The van der Waals surface area contributed by atoms with Crippen LogP contribution in [-0.2, 0) is 0 Å². The molecule has 0 aliphatic heterocycles. The topological polar surface area (TPSA) is 0 Å². The van der Waals surface area contributed by atoms with Crippen molar-refractivity contribution in [3.8, 4) is 0 Å². The van der Waals surface area contributed by atoms with Crippen molar-refractivity contribution in [1.82, 2.24) is 0 Å². The van der Waals surface area contributed by atoms with E-state index >= 15 is 0 Å². The minimum absolute atomic E-state index is 1.10. The van der Waals surface area contributed by atoms with Crippen LogP contribution in [0.15, 0.2) is 43.7 Å². The van der Waals surface area contributed by atoms with Crippen LogP contribution in [0.1, 0.15) is 0 Å². The molecule has 0 unspecified atom stereocenters. The van der Waals surface area contributed by atoms with Crippen molar-refractivity contribution in [3.05, 3.63) is 43.7 Å². The number of hydrogen-bond donors (Lipinski definition) is 0. The summed E-state index contributed by atoms with van der Waals surface area (Å²) in [6.07, 6.45) is 0. The minimum Gasteiger partial charge on any atom is -0.134 e. The largest absolute Gasteiger partial charge is 0.134 e. The summed E-state index contributed by atoms with van der Waals surface area (Å²) in [5.41, 5.74) is 0. The normalized spacial score (nSPS) is 11.4. The van der Waals surface area contributed by atoms with E-state index in [0.29, 0.717) is 0 Å². The standard InChI is InChI=1S/C12H5Br3S/c13-6-1-2-11-8(3-6)9-4-7(14)5-10(15)12(9)16-11/h1-5H. The van der Waals surface area contributed by atoms with Gasteiger partial charge >= 0.3 is 0 Å². The van der Waals surface area contributed by atoms with Crippen molar-refractivity contribution in [2.24, 2.45) is 0 Å². The molecule has 80 valence electrons. The first-order chi connectivity index (χ1) is 7.65. The predicted molar refractivity (Wildman–Crippen MR) is 82.4 cm³/mol. The van der Waals surface area contributed by atoms with Crippen LogP contribution in [0.3, 0.4) is 0 Å². The Labute approximate surface area is 122 Å². The van der Waals surface area contributed by atoms with Crippen molar-refractivity contribution < 1.29 is 0 Å². The quantitative estimate of drug-likeness (QED) is 0.398. The van der Waals surface area contributed by atoms with Crippen LogP contribution in [-0.4, -0.2) is 0 Å². The second-order valence-corrected chi connectivity index (χ2v) is 7.24. The molecule has 1 heterocycles. The Morgan fingerprint density at radius 2 is 1.56 bits per heavy atom. The molecule has 0 bridgehead atoms. The molecule has 0 aliphatic carbocycles. The van der Waals surface area contributed by atoms with E-state index in [1.807, 2.05) is 11.3 Å². The number of benzene rings is 2. The van der Waals surface area contributed by atoms with Crippen LogP contribution in [0.2, 0.25) is 0 Å². The highest BCUT2D eigenvalue weighted by Crippen LogP contribution is 2.40. The lowest BCUT2D eigenvalue weighted by Gasteiger charge is -1.96. The van der Waals surface area contributed by atoms with Gasteiger partial charge in [-0.2, -0.15) is 0 Å². The molecule has 0 saturated carbocycles. The first kappa shape index (κ1) is 11.2. The van der Waals surface area contributed by atoms with Gasteiger partial charge in [0.15, 0.2) is 0 Å². The number of fused-ring (bicyclic) bond motifs is 3. The van der Waals surface area contributed by atoms with Crippen LogP contribution in [0.5, 0.6) is 0 Å². The van der Waals surface area contributed by atoms with E-state index in [9.17, 15) is 0 Å². The molecule has 0 radical (unpaired) electrons. The molecule has 0 saturated heterocycles. The van der Waals surface area contributed by atoms with Gasteiger partial charge in [-0.15, -0.1) is 11.3 Å². The summed E-state index contributed by atoms with van der Waals surface area (Å²) in [7, 11) is 0. The maximum atomic E-state index is 3.61. The molecule has 0 aliphatic rings. The molecule has 0 amide bonds. The predicted octanol–water partition coefficient (Wildman–Crippen LogP) is 6.34. The van der Waals surface area contributed by atoms with Crippen molar-refractivity contribution >= 4 is 79.3 Å². The van der Waals surface area contributed by atoms with Crippen molar-refractivity contribution in [2.45, 2.75) is 0 Å². The summed E-state index contributed by atoms with van der Waals surface area (Å²) in [4.78, 5) is 0. The molecule has 16 heavy (non-hydrogen) atoms. The average molecular weight is 421 g/mol. The fourth-order valence-corrected chi connectivity index (χ4v) is 4.68. The molecule has 2 aromatic carbocycles. The van der Waals surface area contributed by atoms with E-state index in [4.69, 9.17) is 0 Å². The van der Waals surface area contributed by atoms with Crippen LogP contribution >= 0.6 is 59.1 Å². The lowest BCUT2D eigenvalue weighted by Crippen LogP contribution is -1.70. The summed E-state index contributed by atoms with van der Waals surface area (Å²) in [6.45, 7) is 0. The summed E-state index contributed by atoms with van der Waals surface area (Å²) < 4.78 is 5.99. The molecule has 1 aromatic heterocycles. The minimum atomic E-state index is 1.10. The second-order valence-electron chi connectivity index (χ2n) is 3.51. The molecule has 0 fully saturated rings. The summed E-state index contributed by atoms with van der Waals surface area (Å²) in [5, 5.41) is 2.60. The lowest BCUT2D eigenvalue weighted by molar-refractivity contribution is 1.72. The monoisotopic (exact) mass is 418 g/mol. The molecular weight excluding hydrogens is 416 g/mol. The molecule has 0 atom stereocenters. The van der Waals surface area contributed by atoms with Gasteiger partial charge in [-0.3, -0.25) is 0 Å². The smallest absolute Gasteiger partial charge is 0.0498 e. The maximum absolute atomic E-state index is 3.61.